The number of nitrogens with one attached hydrogen (secondary N) is 1. The van der Waals surface area contributed by atoms with Gasteiger partial charge in [0.2, 0.25) is 0 Å². The first kappa shape index (κ1) is 11.2. The molecule has 18 heavy (non-hydrogen) atoms. The summed E-state index contributed by atoms with van der Waals surface area (Å²) in [5, 5.41) is 4.15. The Morgan fingerprint density at radius 2 is 2.11 bits per heavy atom. The van der Waals surface area contributed by atoms with Crippen molar-refractivity contribution in [2.45, 2.75) is 25.7 Å². The van der Waals surface area contributed by atoms with Gasteiger partial charge in [0.05, 0.1) is 11.8 Å². The maximum absolute atomic E-state index is 5.56. The lowest BCUT2D eigenvalue weighted by molar-refractivity contribution is 0.665. The molecule has 0 bridgehead atoms. The predicted octanol–water partition coefficient (Wildman–Crippen LogP) is 1.04. The molecule has 94 valence electrons. The van der Waals surface area contributed by atoms with Gasteiger partial charge < -0.3 is 5.43 Å². The van der Waals surface area contributed by atoms with E-state index >= 15 is 0 Å². The van der Waals surface area contributed by atoms with Gasteiger partial charge in [-0.05, 0) is 25.7 Å². The fourth-order valence-corrected chi connectivity index (χ4v) is 2.38. The molecule has 0 atom stereocenters. The topological polar surface area (TPSA) is 81.7 Å². The van der Waals surface area contributed by atoms with E-state index in [9.17, 15) is 0 Å². The molecule has 0 unspecified atom stereocenters. The van der Waals surface area contributed by atoms with E-state index in [4.69, 9.17) is 5.84 Å². The average Bonchev–Trinajstić information content (AvgIpc) is 2.84. The van der Waals surface area contributed by atoms with E-state index in [1.807, 2.05) is 13.2 Å². The first-order valence-corrected chi connectivity index (χ1v) is 6.13. The van der Waals surface area contributed by atoms with Crippen LogP contribution in [0.4, 0.5) is 5.82 Å². The van der Waals surface area contributed by atoms with Crippen molar-refractivity contribution in [1.82, 2.24) is 19.7 Å². The average molecular weight is 244 g/mol. The second-order valence-electron chi connectivity index (χ2n) is 4.58. The molecule has 0 spiro atoms. The number of nitrogens with two attached hydrogens (primary N) is 1. The van der Waals surface area contributed by atoms with E-state index in [0.29, 0.717) is 5.82 Å². The molecular formula is C12H16N6. The van der Waals surface area contributed by atoms with Crippen LogP contribution in [0.15, 0.2) is 12.4 Å². The number of hydrazine groups is 1. The molecule has 1 aliphatic carbocycles. The van der Waals surface area contributed by atoms with Crippen molar-refractivity contribution in [2.75, 3.05) is 5.43 Å². The number of hydrogen-bond acceptors (Lipinski definition) is 5. The number of nitrogens with zero attached hydrogens (tertiary/aromatic N) is 4. The number of rotatable bonds is 2. The predicted molar refractivity (Wildman–Crippen MR) is 68.7 cm³/mol. The Labute approximate surface area is 105 Å². The number of fused-ring (bicyclic) bond motifs is 1. The van der Waals surface area contributed by atoms with Crippen molar-refractivity contribution in [3.05, 3.63) is 23.7 Å². The monoisotopic (exact) mass is 244 g/mol. The van der Waals surface area contributed by atoms with Gasteiger partial charge in [-0.3, -0.25) is 4.68 Å². The van der Waals surface area contributed by atoms with E-state index in [-0.39, 0.29) is 0 Å². The zero-order valence-electron chi connectivity index (χ0n) is 10.3. The molecule has 0 amide bonds. The summed E-state index contributed by atoms with van der Waals surface area (Å²) < 4.78 is 1.74. The Morgan fingerprint density at radius 1 is 1.28 bits per heavy atom. The molecule has 0 saturated carbocycles. The van der Waals surface area contributed by atoms with Crippen molar-refractivity contribution in [3.8, 4) is 11.4 Å². The summed E-state index contributed by atoms with van der Waals surface area (Å²) in [7, 11) is 1.88. The second kappa shape index (κ2) is 4.38. The zero-order chi connectivity index (χ0) is 12.5. The Bertz CT molecular complexity index is 557. The summed E-state index contributed by atoms with van der Waals surface area (Å²) in [6.45, 7) is 0. The van der Waals surface area contributed by atoms with E-state index in [1.165, 1.54) is 12.8 Å². The Kier molecular flexibility index (Phi) is 2.71. The lowest BCUT2D eigenvalue weighted by Crippen LogP contribution is -2.17. The van der Waals surface area contributed by atoms with E-state index in [1.54, 1.807) is 10.9 Å². The number of aromatic nitrogens is 4. The van der Waals surface area contributed by atoms with Crippen LogP contribution in [0.5, 0.6) is 0 Å². The molecule has 2 aromatic rings. The highest BCUT2D eigenvalue weighted by Gasteiger charge is 2.18. The molecule has 0 saturated heterocycles. The second-order valence-corrected chi connectivity index (χ2v) is 4.58. The molecule has 0 aromatic carbocycles. The van der Waals surface area contributed by atoms with Crippen LogP contribution in [0.1, 0.15) is 24.1 Å². The fraction of sp³-hybridized carbons (Fsp3) is 0.417. The van der Waals surface area contributed by atoms with Gasteiger partial charge in [0.15, 0.2) is 5.82 Å². The number of aryl methyl sites for hydroxylation is 2. The van der Waals surface area contributed by atoms with Gasteiger partial charge in [0, 0.05) is 24.5 Å². The number of hydrogen-bond donors (Lipinski definition) is 2. The van der Waals surface area contributed by atoms with Crippen LogP contribution in [0, 0.1) is 0 Å². The lowest BCUT2D eigenvalue weighted by Gasteiger charge is -2.18. The molecular weight excluding hydrogens is 228 g/mol. The largest absolute Gasteiger partial charge is 0.308 e. The summed E-state index contributed by atoms with van der Waals surface area (Å²) in [6, 6.07) is 0. The number of nitrogen functional groups attached to an aromatic ring is 1. The number of anilines is 1. The molecule has 0 radical (unpaired) electrons. The van der Waals surface area contributed by atoms with Crippen molar-refractivity contribution < 1.29 is 0 Å². The zero-order valence-corrected chi connectivity index (χ0v) is 10.3. The third kappa shape index (κ3) is 1.84. The summed E-state index contributed by atoms with van der Waals surface area (Å²) in [6.07, 6.45) is 8.04. The molecule has 0 aliphatic heterocycles. The maximum atomic E-state index is 5.56. The van der Waals surface area contributed by atoms with Gasteiger partial charge in [-0.25, -0.2) is 15.8 Å². The minimum atomic E-state index is 0.691. The Morgan fingerprint density at radius 3 is 2.83 bits per heavy atom. The highest BCUT2D eigenvalue weighted by Crippen LogP contribution is 2.27. The van der Waals surface area contributed by atoms with Crippen molar-refractivity contribution in [3.63, 3.8) is 0 Å². The molecule has 6 heteroatoms. The van der Waals surface area contributed by atoms with Crippen LogP contribution in [0.3, 0.4) is 0 Å². The van der Waals surface area contributed by atoms with Gasteiger partial charge in [0.25, 0.3) is 0 Å². The molecule has 6 nitrogen and oxygen atoms in total. The standard InChI is InChI=1S/C12H16N6/c1-18-7-8(6-14-18)11-15-10-5-3-2-4-9(10)12(16-11)17-13/h6-7H,2-5,13H2,1H3,(H,15,16,17). The third-order valence-electron chi connectivity index (χ3n) is 3.28. The van der Waals surface area contributed by atoms with Gasteiger partial charge in [-0.1, -0.05) is 0 Å². The Hall–Kier alpha value is -1.95. The van der Waals surface area contributed by atoms with Gasteiger partial charge in [0.1, 0.15) is 5.82 Å². The van der Waals surface area contributed by atoms with Crippen molar-refractivity contribution in [2.24, 2.45) is 12.9 Å². The van der Waals surface area contributed by atoms with Crippen LogP contribution >= 0.6 is 0 Å². The summed E-state index contributed by atoms with van der Waals surface area (Å²) in [5.41, 5.74) is 5.89. The normalized spacial score (nSPS) is 14.3. The quantitative estimate of drug-likeness (QED) is 0.609. The maximum Gasteiger partial charge on any atom is 0.165 e. The van der Waals surface area contributed by atoms with Crippen LogP contribution in [-0.4, -0.2) is 19.7 Å². The van der Waals surface area contributed by atoms with Gasteiger partial charge >= 0.3 is 0 Å². The summed E-state index contributed by atoms with van der Waals surface area (Å²) in [4.78, 5) is 9.13. The van der Waals surface area contributed by atoms with Crippen LogP contribution < -0.4 is 11.3 Å². The van der Waals surface area contributed by atoms with Crippen LogP contribution in [0.2, 0.25) is 0 Å². The van der Waals surface area contributed by atoms with Crippen molar-refractivity contribution >= 4 is 5.82 Å². The molecule has 1 aliphatic rings. The molecule has 0 fully saturated rings. The molecule has 3 N–H and O–H groups in total. The van der Waals surface area contributed by atoms with E-state index in [0.717, 1.165) is 35.5 Å². The molecule has 2 heterocycles. The molecule has 3 rings (SSSR count). The van der Waals surface area contributed by atoms with E-state index < -0.39 is 0 Å². The lowest BCUT2D eigenvalue weighted by atomic mass is 9.96. The highest BCUT2D eigenvalue weighted by molar-refractivity contribution is 5.58. The summed E-state index contributed by atoms with van der Waals surface area (Å²) >= 11 is 0. The van der Waals surface area contributed by atoms with Crippen molar-refractivity contribution in [1.29, 1.82) is 0 Å². The smallest absolute Gasteiger partial charge is 0.165 e. The Balaban J connectivity index is 2.11. The minimum absolute atomic E-state index is 0.691. The summed E-state index contributed by atoms with van der Waals surface area (Å²) in [5.74, 6) is 7.01. The van der Waals surface area contributed by atoms with E-state index in [2.05, 4.69) is 20.5 Å². The molecule has 2 aromatic heterocycles. The van der Waals surface area contributed by atoms with Gasteiger partial charge in [-0.15, -0.1) is 0 Å². The van der Waals surface area contributed by atoms with Crippen LogP contribution in [0.25, 0.3) is 11.4 Å². The minimum Gasteiger partial charge on any atom is -0.308 e. The highest BCUT2D eigenvalue weighted by atomic mass is 15.3. The first-order valence-electron chi connectivity index (χ1n) is 6.13. The third-order valence-corrected chi connectivity index (χ3v) is 3.28. The van der Waals surface area contributed by atoms with Gasteiger partial charge in [-0.2, -0.15) is 5.10 Å². The SMILES string of the molecule is Cn1cc(-c2nc3c(c(NN)n2)CCCC3)cn1. The fourth-order valence-electron chi connectivity index (χ4n) is 2.38. The van der Waals surface area contributed by atoms with Crippen LogP contribution in [-0.2, 0) is 19.9 Å². The first-order chi connectivity index (χ1) is 8.78.